The van der Waals surface area contributed by atoms with Gasteiger partial charge in [0.25, 0.3) is 5.69 Å². The van der Waals surface area contributed by atoms with E-state index in [1.54, 1.807) is 18.2 Å². The van der Waals surface area contributed by atoms with E-state index < -0.39 is 16.8 Å². The lowest BCUT2D eigenvalue weighted by atomic mass is 9.67. The highest BCUT2D eigenvalue weighted by Crippen LogP contribution is 2.52. The first-order chi connectivity index (χ1) is 19.2. The van der Waals surface area contributed by atoms with Gasteiger partial charge in [-0.2, -0.15) is 0 Å². The summed E-state index contributed by atoms with van der Waals surface area (Å²) >= 11 is 0. The predicted molar refractivity (Wildman–Crippen MR) is 153 cm³/mol. The zero-order valence-electron chi connectivity index (χ0n) is 23.2. The molecule has 0 unspecified atom stereocenters. The van der Waals surface area contributed by atoms with Crippen molar-refractivity contribution in [2.24, 2.45) is 23.7 Å². The van der Waals surface area contributed by atoms with Crippen molar-refractivity contribution < 1.29 is 24.4 Å². The summed E-state index contributed by atoms with van der Waals surface area (Å²) in [6.45, 7) is 6.78. The molecule has 2 fully saturated rings. The van der Waals surface area contributed by atoms with Crippen LogP contribution in [0.1, 0.15) is 58.4 Å². The van der Waals surface area contributed by atoms with Crippen LogP contribution in [0.2, 0.25) is 0 Å². The number of rotatable bonds is 9. The molecule has 0 spiro atoms. The third kappa shape index (κ3) is 5.20. The summed E-state index contributed by atoms with van der Waals surface area (Å²) in [5, 5.41) is 21.2. The monoisotopic (exact) mass is 544 g/mol. The average molecular weight is 545 g/mol. The van der Waals surface area contributed by atoms with Crippen LogP contribution in [0, 0.1) is 33.8 Å². The number of nitro groups is 1. The van der Waals surface area contributed by atoms with Crippen molar-refractivity contribution in [1.29, 1.82) is 0 Å². The first-order valence-corrected chi connectivity index (χ1v) is 14.1. The van der Waals surface area contributed by atoms with Crippen molar-refractivity contribution in [2.75, 3.05) is 11.5 Å². The molecule has 4 atom stereocenters. The topological polar surface area (TPSA) is 110 Å². The van der Waals surface area contributed by atoms with E-state index in [0.29, 0.717) is 13.0 Å². The minimum absolute atomic E-state index is 0.123. The number of phenolic OH excluding ortho intramolecular Hbond substituents is 1. The van der Waals surface area contributed by atoms with Crippen molar-refractivity contribution in [2.45, 2.75) is 59.0 Å². The Morgan fingerprint density at radius 2 is 1.90 bits per heavy atom. The lowest BCUT2D eigenvalue weighted by Gasteiger charge is -2.33. The molecule has 2 aromatic rings. The number of aromatic hydroxyl groups is 1. The lowest BCUT2D eigenvalue weighted by Crippen LogP contribution is -2.35. The number of allylic oxidation sites excluding steroid dienone is 2. The van der Waals surface area contributed by atoms with Crippen LogP contribution in [0.15, 0.2) is 65.3 Å². The second-order valence-corrected chi connectivity index (χ2v) is 11.4. The lowest BCUT2D eigenvalue weighted by molar-refractivity contribution is -0.384. The SMILES string of the molecule is CCC/C(=C\c1cccc(O)c1)CC[C@H]1OC[C@H]2C1=C(C(C)C)C[C@H]1C(=O)N(c3cccc([N+](=O)[O-])c3)C(=O)[C@H]12. The highest BCUT2D eigenvalue weighted by Gasteiger charge is 2.57. The van der Waals surface area contributed by atoms with E-state index in [2.05, 4.69) is 26.8 Å². The van der Waals surface area contributed by atoms with Crippen molar-refractivity contribution in [3.8, 4) is 5.75 Å². The quantitative estimate of drug-likeness (QED) is 0.168. The number of carbonyl (C=O) groups is 2. The maximum absolute atomic E-state index is 13.8. The molecule has 0 bridgehead atoms. The Labute approximate surface area is 234 Å². The number of nitro benzene ring substituents is 1. The molecule has 8 nitrogen and oxygen atoms in total. The smallest absolute Gasteiger partial charge is 0.271 e. The number of anilines is 1. The van der Waals surface area contributed by atoms with Crippen LogP contribution in [0.25, 0.3) is 6.08 Å². The number of ether oxygens (including phenoxy) is 1. The Morgan fingerprint density at radius 3 is 2.60 bits per heavy atom. The number of non-ortho nitro benzene ring substituents is 1. The molecule has 2 aliphatic heterocycles. The molecule has 3 aliphatic rings. The number of amides is 2. The zero-order valence-corrected chi connectivity index (χ0v) is 23.2. The van der Waals surface area contributed by atoms with Gasteiger partial charge >= 0.3 is 0 Å². The summed E-state index contributed by atoms with van der Waals surface area (Å²) in [6, 6.07) is 13.0. The van der Waals surface area contributed by atoms with E-state index in [0.717, 1.165) is 36.1 Å². The molecule has 2 saturated heterocycles. The van der Waals surface area contributed by atoms with Crippen LogP contribution in [0.3, 0.4) is 0 Å². The summed E-state index contributed by atoms with van der Waals surface area (Å²) in [7, 11) is 0. The standard InChI is InChI=1S/C32H36N2O6/c1-4-7-20(14-21-8-5-11-24(35)15-21)12-13-28-29-25(19(2)3)17-26-30(27(29)18-40-28)32(37)33(31(26)36)22-9-6-10-23(16-22)34(38)39/h5-6,8-11,14-16,19,26-28,30,35H,4,7,12-13,17-18H2,1-3H3/b20-14+/t26-,27+,28-,30-/m1/s1. The van der Waals surface area contributed by atoms with E-state index in [9.17, 15) is 24.8 Å². The maximum atomic E-state index is 13.8. The van der Waals surface area contributed by atoms with Crippen LogP contribution in [0.4, 0.5) is 11.4 Å². The number of hydrogen-bond acceptors (Lipinski definition) is 6. The molecule has 8 heteroatoms. The van der Waals surface area contributed by atoms with Crippen molar-refractivity contribution >= 4 is 29.3 Å². The van der Waals surface area contributed by atoms with Crippen LogP contribution >= 0.6 is 0 Å². The molecule has 0 aromatic heterocycles. The molecular formula is C32H36N2O6. The van der Waals surface area contributed by atoms with E-state index in [-0.39, 0.29) is 46.9 Å². The Hall–Kier alpha value is -3.78. The van der Waals surface area contributed by atoms with Gasteiger partial charge in [-0.25, -0.2) is 4.90 Å². The fourth-order valence-electron chi connectivity index (χ4n) is 6.72. The maximum Gasteiger partial charge on any atom is 0.271 e. The van der Waals surface area contributed by atoms with Gasteiger partial charge in [0.05, 0.1) is 35.2 Å². The Balaban J connectivity index is 1.40. The van der Waals surface area contributed by atoms with Crippen LogP contribution in [-0.4, -0.2) is 34.6 Å². The van der Waals surface area contributed by atoms with Gasteiger partial charge in [-0.1, -0.05) is 62.6 Å². The van der Waals surface area contributed by atoms with Crippen molar-refractivity contribution in [1.82, 2.24) is 0 Å². The number of imide groups is 1. The molecule has 1 aliphatic carbocycles. The first-order valence-electron chi connectivity index (χ1n) is 14.1. The van der Waals surface area contributed by atoms with E-state index >= 15 is 0 Å². The molecule has 1 N–H and O–H groups in total. The zero-order chi connectivity index (χ0) is 28.6. The molecule has 0 radical (unpaired) electrons. The summed E-state index contributed by atoms with van der Waals surface area (Å²) in [6.07, 6.45) is 6.08. The highest BCUT2D eigenvalue weighted by molar-refractivity contribution is 6.22. The summed E-state index contributed by atoms with van der Waals surface area (Å²) in [5.41, 5.74) is 4.72. The van der Waals surface area contributed by atoms with Gasteiger partial charge in [0.1, 0.15) is 5.75 Å². The van der Waals surface area contributed by atoms with Crippen molar-refractivity contribution in [3.63, 3.8) is 0 Å². The third-order valence-electron chi connectivity index (χ3n) is 8.48. The molecular weight excluding hydrogens is 508 g/mol. The molecule has 5 rings (SSSR count). The summed E-state index contributed by atoms with van der Waals surface area (Å²) in [5.74, 6) is -1.31. The number of hydrogen-bond donors (Lipinski definition) is 1. The Bertz CT molecular complexity index is 1390. The normalized spacial score (nSPS) is 24.6. The minimum Gasteiger partial charge on any atom is -0.508 e. The van der Waals surface area contributed by atoms with Gasteiger partial charge < -0.3 is 9.84 Å². The van der Waals surface area contributed by atoms with Gasteiger partial charge in [0, 0.05) is 18.1 Å². The molecule has 2 heterocycles. The third-order valence-corrected chi connectivity index (χ3v) is 8.48. The van der Waals surface area contributed by atoms with E-state index in [1.807, 2.05) is 12.1 Å². The largest absolute Gasteiger partial charge is 0.508 e. The fourth-order valence-corrected chi connectivity index (χ4v) is 6.72. The van der Waals surface area contributed by atoms with Crippen LogP contribution < -0.4 is 4.90 Å². The molecule has 2 aromatic carbocycles. The number of fused-ring (bicyclic) bond motifs is 3. The number of benzene rings is 2. The molecule has 2 amide bonds. The summed E-state index contributed by atoms with van der Waals surface area (Å²) in [4.78, 5) is 39.3. The average Bonchev–Trinajstić information content (AvgIpc) is 3.45. The second kappa shape index (κ2) is 11.4. The molecule has 40 heavy (non-hydrogen) atoms. The number of phenols is 1. The van der Waals surface area contributed by atoms with Crippen LogP contribution in [0.5, 0.6) is 5.75 Å². The number of nitrogens with zero attached hydrogens (tertiary/aromatic N) is 2. The Kier molecular flexibility index (Phi) is 7.90. The van der Waals surface area contributed by atoms with Gasteiger partial charge in [-0.3, -0.25) is 19.7 Å². The van der Waals surface area contributed by atoms with E-state index in [1.165, 1.54) is 34.9 Å². The minimum atomic E-state index is -0.521. The number of carbonyl (C=O) groups excluding carboxylic acids is 2. The molecule has 210 valence electrons. The van der Waals surface area contributed by atoms with Gasteiger partial charge in [-0.05, 0) is 60.9 Å². The first kappa shape index (κ1) is 27.8. The van der Waals surface area contributed by atoms with Gasteiger partial charge in [0.15, 0.2) is 0 Å². The van der Waals surface area contributed by atoms with Gasteiger partial charge in [0.2, 0.25) is 11.8 Å². The fraction of sp³-hybridized carbons (Fsp3) is 0.438. The highest BCUT2D eigenvalue weighted by atomic mass is 16.6. The Morgan fingerprint density at radius 1 is 1.12 bits per heavy atom. The van der Waals surface area contributed by atoms with Crippen LogP contribution in [-0.2, 0) is 14.3 Å². The van der Waals surface area contributed by atoms with E-state index in [4.69, 9.17) is 4.74 Å². The molecule has 0 saturated carbocycles. The second-order valence-electron chi connectivity index (χ2n) is 11.4. The predicted octanol–water partition coefficient (Wildman–Crippen LogP) is 6.44. The van der Waals surface area contributed by atoms with Gasteiger partial charge in [-0.15, -0.1) is 0 Å². The van der Waals surface area contributed by atoms with Crippen molar-refractivity contribution in [3.05, 3.63) is 80.9 Å². The summed E-state index contributed by atoms with van der Waals surface area (Å²) < 4.78 is 6.37.